The molecule has 0 aliphatic heterocycles. The van der Waals surface area contributed by atoms with Crippen LogP contribution in [0.25, 0.3) is 0 Å². The first-order chi connectivity index (χ1) is 9.01. The van der Waals surface area contributed by atoms with Crippen LogP contribution in [0.4, 0.5) is 0 Å². The molecular weight excluding hydrogens is 314 g/mol. The molecule has 0 saturated heterocycles. The van der Waals surface area contributed by atoms with Crippen LogP contribution in [0.2, 0.25) is 19.6 Å². The summed E-state index contributed by atoms with van der Waals surface area (Å²) >= 11 is 1.04. The number of sulfonamides is 1. The normalized spacial score (nSPS) is 13.4. The Balaban J connectivity index is 2.96. The lowest BCUT2D eigenvalue weighted by Gasteiger charge is -2.07. The van der Waals surface area contributed by atoms with Crippen molar-refractivity contribution in [2.45, 2.75) is 36.8 Å². The van der Waals surface area contributed by atoms with Crippen LogP contribution in [0.3, 0.4) is 0 Å². The van der Waals surface area contributed by atoms with Gasteiger partial charge in [0.1, 0.15) is 18.3 Å². The zero-order valence-electron chi connectivity index (χ0n) is 11.7. The molecule has 2 N–H and O–H groups in total. The molecule has 0 fully saturated rings. The lowest BCUT2D eigenvalue weighted by atomic mass is 10.4. The summed E-state index contributed by atoms with van der Waals surface area (Å²) < 4.78 is 26.1. The van der Waals surface area contributed by atoms with Gasteiger partial charge in [-0.1, -0.05) is 25.6 Å². The third kappa shape index (κ3) is 5.09. The number of carbonyl (C=O) groups is 1. The highest BCUT2D eigenvalue weighted by Gasteiger charge is 2.22. The minimum atomic E-state index is -3.81. The van der Waals surface area contributed by atoms with Crippen LogP contribution < -0.4 is 4.72 Å². The number of thiophene rings is 1. The predicted molar refractivity (Wildman–Crippen MR) is 82.0 cm³/mol. The SMILES string of the molecule is CC(NS(=O)(=O)c1ccc(C#C[Si](C)(C)C)s1)C(=O)O. The molecule has 1 unspecified atom stereocenters. The van der Waals surface area contributed by atoms with Crippen LogP contribution in [0.1, 0.15) is 11.8 Å². The molecule has 0 bridgehead atoms. The van der Waals surface area contributed by atoms with Gasteiger partial charge in [-0.2, -0.15) is 4.72 Å². The third-order valence-corrected chi connectivity index (χ3v) is 6.02. The van der Waals surface area contributed by atoms with E-state index >= 15 is 0 Å². The van der Waals surface area contributed by atoms with Gasteiger partial charge in [0.15, 0.2) is 0 Å². The van der Waals surface area contributed by atoms with E-state index < -0.39 is 30.1 Å². The van der Waals surface area contributed by atoms with Crippen molar-refractivity contribution >= 4 is 35.4 Å². The van der Waals surface area contributed by atoms with Gasteiger partial charge in [-0.15, -0.1) is 16.9 Å². The summed E-state index contributed by atoms with van der Waals surface area (Å²) in [5.41, 5.74) is 3.15. The minimum Gasteiger partial charge on any atom is -0.480 e. The molecule has 110 valence electrons. The molecule has 8 heteroatoms. The molecule has 0 saturated carbocycles. The Kier molecular flexibility index (Phi) is 5.15. The number of carboxylic acid groups (broad SMARTS) is 1. The van der Waals surface area contributed by atoms with Crippen molar-refractivity contribution < 1.29 is 18.3 Å². The Bertz CT molecular complexity index is 662. The van der Waals surface area contributed by atoms with Gasteiger partial charge in [-0.3, -0.25) is 4.79 Å². The summed E-state index contributed by atoms with van der Waals surface area (Å²) in [5.74, 6) is 1.76. The van der Waals surface area contributed by atoms with Crippen LogP contribution in [0.15, 0.2) is 16.3 Å². The van der Waals surface area contributed by atoms with E-state index in [2.05, 4.69) is 35.8 Å². The number of nitrogens with one attached hydrogen (secondary N) is 1. The predicted octanol–water partition coefficient (Wildman–Crippen LogP) is 1.73. The van der Waals surface area contributed by atoms with Crippen molar-refractivity contribution in [3.63, 3.8) is 0 Å². The Labute approximate surface area is 124 Å². The quantitative estimate of drug-likeness (QED) is 0.650. The zero-order chi connectivity index (χ0) is 15.6. The van der Waals surface area contributed by atoms with E-state index in [1.54, 1.807) is 6.07 Å². The zero-order valence-corrected chi connectivity index (χ0v) is 14.4. The number of aliphatic carboxylic acids is 1. The standard InChI is InChI=1S/C12H17NO4S2Si/c1-9(12(14)15)13-19(16,17)11-6-5-10(18-11)7-8-20(2,3)4/h5-6,9,13H,1-4H3,(H,14,15). The van der Waals surface area contributed by atoms with Gasteiger partial charge in [0.05, 0.1) is 4.88 Å². The van der Waals surface area contributed by atoms with E-state index in [-0.39, 0.29) is 4.21 Å². The van der Waals surface area contributed by atoms with Crippen molar-refractivity contribution in [3.05, 3.63) is 17.0 Å². The third-order valence-electron chi connectivity index (χ3n) is 2.11. The first-order valence-corrected chi connectivity index (χ1v) is 11.7. The molecule has 1 heterocycles. The summed E-state index contributed by atoms with van der Waals surface area (Å²) in [6.07, 6.45) is 0. The van der Waals surface area contributed by atoms with Gasteiger partial charge < -0.3 is 5.11 Å². The lowest BCUT2D eigenvalue weighted by Crippen LogP contribution is -2.37. The minimum absolute atomic E-state index is 0.0745. The van der Waals surface area contributed by atoms with E-state index in [1.165, 1.54) is 13.0 Å². The fraction of sp³-hybridized carbons (Fsp3) is 0.417. The van der Waals surface area contributed by atoms with Gasteiger partial charge in [0, 0.05) is 0 Å². The van der Waals surface area contributed by atoms with Crippen molar-refractivity contribution in [2.24, 2.45) is 0 Å². The fourth-order valence-corrected chi connectivity index (χ4v) is 4.10. The number of rotatable bonds is 4. The van der Waals surface area contributed by atoms with E-state index in [0.717, 1.165) is 11.3 Å². The number of carboxylic acids is 1. The van der Waals surface area contributed by atoms with Gasteiger partial charge >= 0.3 is 5.97 Å². The summed E-state index contributed by atoms with van der Waals surface area (Å²) in [5, 5.41) is 8.73. The molecule has 0 aliphatic carbocycles. The van der Waals surface area contributed by atoms with Crippen molar-refractivity contribution in [2.75, 3.05) is 0 Å². The van der Waals surface area contributed by atoms with E-state index in [9.17, 15) is 13.2 Å². The molecule has 0 radical (unpaired) electrons. The molecule has 1 rings (SSSR count). The van der Waals surface area contributed by atoms with Crippen LogP contribution in [0, 0.1) is 11.5 Å². The largest absolute Gasteiger partial charge is 0.480 e. The second-order valence-corrected chi connectivity index (χ2v) is 13.1. The topological polar surface area (TPSA) is 83.5 Å². The monoisotopic (exact) mass is 331 g/mol. The van der Waals surface area contributed by atoms with Crippen molar-refractivity contribution in [3.8, 4) is 11.5 Å². The molecule has 1 aromatic rings. The second kappa shape index (κ2) is 6.09. The van der Waals surface area contributed by atoms with Gasteiger partial charge in [0.25, 0.3) is 10.0 Å². The molecule has 0 aromatic carbocycles. The molecule has 20 heavy (non-hydrogen) atoms. The van der Waals surface area contributed by atoms with Crippen LogP contribution in [-0.4, -0.2) is 33.6 Å². The van der Waals surface area contributed by atoms with Crippen molar-refractivity contribution in [1.29, 1.82) is 0 Å². The number of hydrogen-bond donors (Lipinski definition) is 2. The fourth-order valence-electron chi connectivity index (χ4n) is 1.12. The molecular formula is C12H17NO4S2Si. The summed E-state index contributed by atoms with van der Waals surface area (Å²) in [4.78, 5) is 11.3. The first-order valence-electron chi connectivity index (χ1n) is 5.89. The van der Waals surface area contributed by atoms with E-state index in [0.29, 0.717) is 4.88 Å². The lowest BCUT2D eigenvalue weighted by molar-refractivity contribution is -0.138. The second-order valence-electron chi connectivity index (χ2n) is 5.30. The van der Waals surface area contributed by atoms with Crippen molar-refractivity contribution in [1.82, 2.24) is 4.72 Å². The summed E-state index contributed by atoms with van der Waals surface area (Å²) in [6, 6.07) is 1.91. The van der Waals surface area contributed by atoms with Gasteiger partial charge in [-0.25, -0.2) is 8.42 Å². The van der Waals surface area contributed by atoms with Gasteiger partial charge in [-0.05, 0) is 19.1 Å². The maximum Gasteiger partial charge on any atom is 0.321 e. The van der Waals surface area contributed by atoms with Crippen LogP contribution in [-0.2, 0) is 14.8 Å². The maximum atomic E-state index is 12.0. The maximum absolute atomic E-state index is 12.0. The molecule has 5 nitrogen and oxygen atoms in total. The highest BCUT2D eigenvalue weighted by molar-refractivity contribution is 7.91. The Morgan fingerprint density at radius 2 is 2.00 bits per heavy atom. The Morgan fingerprint density at radius 3 is 2.50 bits per heavy atom. The van der Waals surface area contributed by atoms with Crippen LogP contribution >= 0.6 is 11.3 Å². The molecule has 0 aliphatic rings. The highest BCUT2D eigenvalue weighted by atomic mass is 32.2. The Morgan fingerprint density at radius 1 is 1.40 bits per heavy atom. The average Bonchev–Trinajstić information content (AvgIpc) is 2.73. The Hall–Kier alpha value is -1.14. The molecule has 1 atom stereocenters. The highest BCUT2D eigenvalue weighted by Crippen LogP contribution is 2.21. The molecule has 1 aromatic heterocycles. The average molecular weight is 331 g/mol. The summed E-state index contributed by atoms with van der Waals surface area (Å²) in [6.45, 7) is 7.57. The summed E-state index contributed by atoms with van der Waals surface area (Å²) in [7, 11) is -5.32. The van der Waals surface area contributed by atoms with Crippen LogP contribution in [0.5, 0.6) is 0 Å². The van der Waals surface area contributed by atoms with Gasteiger partial charge in [0.2, 0.25) is 0 Å². The van der Waals surface area contributed by atoms with E-state index in [4.69, 9.17) is 5.11 Å². The first kappa shape index (κ1) is 16.9. The number of hydrogen-bond acceptors (Lipinski definition) is 4. The molecule has 0 amide bonds. The molecule has 0 spiro atoms. The van der Waals surface area contributed by atoms with E-state index in [1.807, 2.05) is 0 Å². The smallest absolute Gasteiger partial charge is 0.321 e.